The van der Waals surface area contributed by atoms with E-state index >= 15 is 17.6 Å². The van der Waals surface area contributed by atoms with Gasteiger partial charge in [-0.05, 0) is 106 Å². The summed E-state index contributed by atoms with van der Waals surface area (Å²) in [7, 11) is 1.56. The molecule has 0 bridgehead atoms. The Kier molecular flexibility index (Phi) is 15.6. The van der Waals surface area contributed by atoms with Crippen molar-refractivity contribution in [2.24, 2.45) is 24.6 Å². The number of nitrogens with one attached hydrogen (secondary N) is 2. The topological polar surface area (TPSA) is 185 Å². The number of hydrogen-bond donors (Lipinski definition) is 4. The molecule has 410 valence electrons. The summed E-state index contributed by atoms with van der Waals surface area (Å²) < 4.78 is 78.4. The summed E-state index contributed by atoms with van der Waals surface area (Å²) in [5.41, 5.74) is 5.34. The van der Waals surface area contributed by atoms with Gasteiger partial charge in [0.25, 0.3) is 0 Å². The van der Waals surface area contributed by atoms with Crippen LogP contribution in [0, 0.1) is 35.1 Å². The van der Waals surface area contributed by atoms with Crippen molar-refractivity contribution in [2.75, 3.05) is 57.4 Å². The molecule has 0 spiro atoms. The molecule has 3 saturated heterocycles. The van der Waals surface area contributed by atoms with Crippen LogP contribution in [0.3, 0.4) is 0 Å². The largest absolute Gasteiger partial charge is 0.488 e. The van der Waals surface area contributed by atoms with Gasteiger partial charge in [0, 0.05) is 91.9 Å². The highest BCUT2D eigenvalue weighted by Crippen LogP contribution is 2.57. The maximum Gasteiger partial charge on any atom is 0.329 e. The standard InChI is InChI=1S/C57H65ClF4N8O7/c1-4-41(68-21-18-33(19-22-68)46-39(59)28-38-52(51(46)62)67(3)66-54(38)70-25-20-44(72)65-56(70)75)32-16-23-69(24-17-32)55(74)34-10-12-36(13-11-34)64-30-57(35-8-6-5-7-9-35)31(2)45-43(77-57)29-40(60)49(58)48(45)47-37(53(63)73)14-15-42(50(47)61)76-27-26-71/h5-9,14-15,28-29,31-34,36,41,64,71H,4,10-13,16-27,30H2,1-3H3,(H2,63,73)(H,65,72,75)/t31-,34?,36?,41?,57-/m0/s1. The molecule has 15 nitrogen and oxygen atoms in total. The van der Waals surface area contributed by atoms with Crippen molar-refractivity contribution in [3.63, 3.8) is 0 Å². The highest BCUT2D eigenvalue weighted by molar-refractivity contribution is 6.34. The molecule has 77 heavy (non-hydrogen) atoms. The number of benzene rings is 4. The van der Waals surface area contributed by atoms with Crippen LogP contribution in [-0.4, -0.2) is 113 Å². The molecule has 1 saturated carbocycles. The Morgan fingerprint density at radius 2 is 1.64 bits per heavy atom. The van der Waals surface area contributed by atoms with Crippen LogP contribution in [0.4, 0.5) is 28.2 Å². The van der Waals surface area contributed by atoms with Crippen molar-refractivity contribution in [1.29, 1.82) is 0 Å². The minimum atomic E-state index is -1.14. The van der Waals surface area contributed by atoms with E-state index in [0.29, 0.717) is 63.3 Å². The number of carbonyl (C=O) groups is 4. The van der Waals surface area contributed by atoms with E-state index in [1.54, 1.807) is 7.05 Å². The second-order valence-corrected chi connectivity index (χ2v) is 21.7. The van der Waals surface area contributed by atoms with E-state index in [9.17, 15) is 24.3 Å². The van der Waals surface area contributed by atoms with Gasteiger partial charge in [-0.25, -0.2) is 22.4 Å². The van der Waals surface area contributed by atoms with Gasteiger partial charge in [0.1, 0.15) is 29.5 Å². The second kappa shape index (κ2) is 22.2. The molecule has 1 aliphatic carbocycles. The van der Waals surface area contributed by atoms with E-state index < -0.39 is 64.3 Å². The van der Waals surface area contributed by atoms with Gasteiger partial charge in [-0.15, -0.1) is 0 Å². The van der Waals surface area contributed by atoms with Crippen molar-refractivity contribution >= 4 is 52.1 Å². The summed E-state index contributed by atoms with van der Waals surface area (Å²) in [6.07, 6.45) is 6.72. The fourth-order valence-electron chi connectivity index (χ4n) is 13.2. The van der Waals surface area contributed by atoms with Crippen molar-refractivity contribution < 1.29 is 51.3 Å². The first kappa shape index (κ1) is 54.1. The highest BCUT2D eigenvalue weighted by atomic mass is 35.5. The normalized spacial score (nSPS) is 23.0. The first-order valence-electron chi connectivity index (χ1n) is 26.9. The number of hydrogen-bond acceptors (Lipinski definition) is 10. The molecule has 0 radical (unpaired) electrons. The molecular weight excluding hydrogens is 1020 g/mol. The van der Waals surface area contributed by atoms with Crippen molar-refractivity contribution in [2.45, 2.75) is 108 Å². The monoisotopic (exact) mass is 1080 g/mol. The number of aliphatic hydroxyl groups is 1. The van der Waals surface area contributed by atoms with Crippen LogP contribution >= 0.6 is 11.6 Å². The summed E-state index contributed by atoms with van der Waals surface area (Å²) in [6, 6.07) is 14.1. The van der Waals surface area contributed by atoms with Crippen LogP contribution in [0.1, 0.15) is 117 Å². The molecule has 4 aliphatic heterocycles. The first-order valence-corrected chi connectivity index (χ1v) is 27.3. The Morgan fingerprint density at radius 1 is 0.922 bits per heavy atom. The highest BCUT2D eigenvalue weighted by Gasteiger charge is 2.50. The molecule has 5 aliphatic rings. The fraction of sp³-hybridized carbons (Fsp3) is 0.491. The number of anilines is 1. The number of fused-ring (bicyclic) bond motifs is 2. The van der Waals surface area contributed by atoms with Gasteiger partial charge < -0.3 is 35.4 Å². The number of halogens is 5. The zero-order chi connectivity index (χ0) is 54.4. The molecule has 1 aromatic heterocycles. The lowest BCUT2D eigenvalue weighted by molar-refractivity contribution is -0.138. The Labute approximate surface area is 449 Å². The molecule has 10 rings (SSSR count). The SMILES string of the molecule is CCC(C1CCN(C(=O)C2CCC(NC[C@]3(c4ccccc4)Oc4cc(F)c(Cl)c(-c5c(C(N)=O)ccc(OCCO)c5F)c4[C@@H]3C)CC2)CC1)N1CCC(c2c(F)cc3c(N4CCC(=O)NC4=O)nn(C)c3c2F)CC1. The molecule has 5 amide bonds. The summed E-state index contributed by atoms with van der Waals surface area (Å²) >= 11 is 6.73. The number of rotatable bonds is 15. The number of amides is 5. The van der Waals surface area contributed by atoms with E-state index in [4.69, 9.17) is 26.8 Å². The van der Waals surface area contributed by atoms with Gasteiger partial charge in [0.2, 0.25) is 17.7 Å². The number of nitrogens with zero attached hydrogens (tertiary/aromatic N) is 5. The number of nitrogens with two attached hydrogens (primary N) is 1. The van der Waals surface area contributed by atoms with Gasteiger partial charge in [-0.3, -0.25) is 29.3 Å². The predicted octanol–water partition coefficient (Wildman–Crippen LogP) is 8.80. The zero-order valence-corrected chi connectivity index (χ0v) is 44.2. The average molecular weight is 1090 g/mol. The third-order valence-corrected chi connectivity index (χ3v) is 17.5. The lowest BCUT2D eigenvalue weighted by atomic mass is 9.77. The Morgan fingerprint density at radius 3 is 2.30 bits per heavy atom. The summed E-state index contributed by atoms with van der Waals surface area (Å²) in [5, 5.41) is 19.5. The van der Waals surface area contributed by atoms with Gasteiger partial charge >= 0.3 is 6.03 Å². The fourth-order valence-corrected chi connectivity index (χ4v) is 13.4. The second-order valence-electron chi connectivity index (χ2n) is 21.3. The quantitative estimate of drug-likeness (QED) is 0.0739. The van der Waals surface area contributed by atoms with Crippen LogP contribution in [-0.2, 0) is 22.2 Å². The predicted molar refractivity (Wildman–Crippen MR) is 282 cm³/mol. The molecule has 5 N–H and O–H groups in total. The first-order chi connectivity index (χ1) is 37.0. The molecule has 4 fully saturated rings. The number of piperidine rings is 2. The molecule has 1 unspecified atom stereocenters. The van der Waals surface area contributed by atoms with Gasteiger partial charge in [-0.1, -0.05) is 55.8 Å². The zero-order valence-electron chi connectivity index (χ0n) is 43.5. The van der Waals surface area contributed by atoms with Gasteiger partial charge in [-0.2, -0.15) is 5.10 Å². The molecule has 3 atom stereocenters. The van der Waals surface area contributed by atoms with Crippen LogP contribution in [0.5, 0.6) is 11.5 Å². The Hall–Kier alpha value is -6.28. The minimum absolute atomic E-state index is 0.0282. The number of carbonyl (C=O) groups excluding carboxylic acids is 4. The van der Waals surface area contributed by atoms with E-state index in [0.717, 1.165) is 37.7 Å². The molecular formula is C57H65ClF4N8O7. The smallest absolute Gasteiger partial charge is 0.329 e. The molecule has 4 aromatic carbocycles. The lowest BCUT2D eigenvalue weighted by Gasteiger charge is -2.44. The maximum atomic E-state index is 16.5. The van der Waals surface area contributed by atoms with Crippen LogP contribution in [0.15, 0.2) is 54.6 Å². The minimum Gasteiger partial charge on any atom is -0.488 e. The van der Waals surface area contributed by atoms with E-state index in [1.807, 2.05) is 42.2 Å². The summed E-state index contributed by atoms with van der Waals surface area (Å²) in [6.45, 7) is 6.48. The average Bonchev–Trinajstić information content (AvgIpc) is 4.00. The number of aliphatic hydroxyl groups excluding tert-OH is 1. The number of aryl methyl sites for hydroxylation is 1. The van der Waals surface area contributed by atoms with Gasteiger partial charge in [0.05, 0.1) is 22.6 Å². The number of urea groups is 1. The van der Waals surface area contributed by atoms with Crippen molar-refractivity contribution in [3.05, 3.63) is 105 Å². The van der Waals surface area contributed by atoms with E-state index in [1.165, 1.54) is 33.8 Å². The maximum absolute atomic E-state index is 16.5. The summed E-state index contributed by atoms with van der Waals surface area (Å²) in [5.74, 6) is -5.10. The molecule has 20 heteroatoms. The number of primary amides is 1. The molecule has 5 aromatic rings. The third kappa shape index (κ3) is 10.0. The third-order valence-electron chi connectivity index (χ3n) is 17.2. The number of imide groups is 1. The van der Waals surface area contributed by atoms with E-state index in [-0.39, 0.29) is 106 Å². The molecule has 5 heterocycles. The number of ether oxygens (including phenoxy) is 2. The number of aromatic nitrogens is 2. The Balaban J connectivity index is 0.756. The van der Waals surface area contributed by atoms with Crippen molar-refractivity contribution in [1.82, 2.24) is 30.2 Å². The van der Waals surface area contributed by atoms with Gasteiger partial charge in [0.15, 0.2) is 28.8 Å². The lowest BCUT2D eigenvalue weighted by Crippen LogP contribution is -2.50. The Bertz CT molecular complexity index is 3090. The van der Waals surface area contributed by atoms with E-state index in [2.05, 4.69) is 27.6 Å². The number of likely N-dealkylation sites (tertiary alicyclic amines) is 2. The van der Waals surface area contributed by atoms with Crippen molar-refractivity contribution in [3.8, 4) is 22.6 Å². The van der Waals surface area contributed by atoms with Crippen LogP contribution < -0.4 is 30.7 Å². The summed E-state index contributed by atoms with van der Waals surface area (Å²) in [4.78, 5) is 57.0. The van der Waals surface area contributed by atoms with Crippen LogP contribution in [0.2, 0.25) is 5.02 Å². The van der Waals surface area contributed by atoms with Crippen LogP contribution in [0.25, 0.3) is 22.0 Å².